The van der Waals surface area contributed by atoms with Gasteiger partial charge >= 0.3 is 12.1 Å². The van der Waals surface area contributed by atoms with E-state index in [1.54, 1.807) is 0 Å². The number of carbonyl (C=O) groups is 2. The van der Waals surface area contributed by atoms with Crippen LogP contribution in [-0.4, -0.2) is 47.2 Å². The first-order valence-electron chi connectivity index (χ1n) is 7.30. The molecule has 11 heteroatoms. The van der Waals surface area contributed by atoms with Crippen LogP contribution in [0.3, 0.4) is 0 Å². The Kier molecular flexibility index (Phi) is 7.26. The maximum atomic E-state index is 13.6. The zero-order chi connectivity index (χ0) is 18.9. The van der Waals surface area contributed by atoms with E-state index in [1.807, 2.05) is 0 Å². The van der Waals surface area contributed by atoms with Crippen LogP contribution < -0.4 is 5.32 Å². The Morgan fingerprint density at radius 1 is 1.35 bits per heavy atom. The lowest BCUT2D eigenvalue weighted by Crippen LogP contribution is -2.41. The van der Waals surface area contributed by atoms with E-state index < -0.39 is 54.8 Å². The van der Waals surface area contributed by atoms with E-state index in [9.17, 15) is 27.2 Å². The van der Waals surface area contributed by atoms with Crippen molar-refractivity contribution in [2.45, 2.75) is 19.1 Å². The molecular formula is C15H16Cl2F4N2O3. The number of halogens is 6. The number of hydrogen-bond acceptors (Lipinski definition) is 3. The summed E-state index contributed by atoms with van der Waals surface area (Å²) < 4.78 is 52.6. The Morgan fingerprint density at radius 3 is 2.46 bits per heavy atom. The number of benzene rings is 1. The standard InChI is InChI=1S/C15H15ClF4N2O3.ClH/c1-7(13(23)21-12-4-8(16)2-3-11(12)17)22-5-9(14(24)25)10(6-22)15(18,19)20;/h2-4,7,9-10H,5-6H2,1H3,(H,21,23)(H,24,25);1H/t7?,9-,10-;/m1./s1. The minimum Gasteiger partial charge on any atom is -0.481 e. The van der Waals surface area contributed by atoms with E-state index in [4.69, 9.17) is 16.7 Å². The largest absolute Gasteiger partial charge is 0.481 e. The Labute approximate surface area is 157 Å². The van der Waals surface area contributed by atoms with Crippen molar-refractivity contribution < 1.29 is 32.3 Å². The minimum atomic E-state index is -4.69. The first-order chi connectivity index (χ1) is 11.5. The quantitative estimate of drug-likeness (QED) is 0.734. The average molecular weight is 419 g/mol. The number of carbonyl (C=O) groups excluding carboxylic acids is 1. The van der Waals surface area contributed by atoms with Gasteiger partial charge in [-0.15, -0.1) is 12.4 Å². The summed E-state index contributed by atoms with van der Waals surface area (Å²) in [5.74, 6) is -6.80. The third-order valence-corrected chi connectivity index (χ3v) is 4.43. The molecule has 26 heavy (non-hydrogen) atoms. The monoisotopic (exact) mass is 418 g/mol. The van der Waals surface area contributed by atoms with Crippen LogP contribution in [0.5, 0.6) is 0 Å². The van der Waals surface area contributed by atoms with Crippen molar-refractivity contribution in [2.24, 2.45) is 11.8 Å². The fourth-order valence-electron chi connectivity index (χ4n) is 2.73. The summed E-state index contributed by atoms with van der Waals surface area (Å²) in [6.07, 6.45) is -4.69. The maximum Gasteiger partial charge on any atom is 0.393 e. The molecule has 1 heterocycles. The zero-order valence-corrected chi connectivity index (χ0v) is 15.0. The van der Waals surface area contributed by atoms with Crippen LogP contribution in [0.15, 0.2) is 18.2 Å². The summed E-state index contributed by atoms with van der Waals surface area (Å²) in [6.45, 7) is 0.286. The molecule has 146 valence electrons. The summed E-state index contributed by atoms with van der Waals surface area (Å²) in [7, 11) is 0. The van der Waals surface area contributed by atoms with E-state index in [2.05, 4.69) is 5.32 Å². The molecule has 2 N–H and O–H groups in total. The number of likely N-dealkylation sites (tertiary alicyclic amines) is 1. The van der Waals surface area contributed by atoms with Crippen molar-refractivity contribution >= 4 is 41.6 Å². The molecule has 1 aliphatic rings. The fourth-order valence-corrected chi connectivity index (χ4v) is 2.90. The van der Waals surface area contributed by atoms with Crippen LogP contribution >= 0.6 is 24.0 Å². The van der Waals surface area contributed by atoms with Gasteiger partial charge in [-0.2, -0.15) is 13.2 Å². The van der Waals surface area contributed by atoms with Gasteiger partial charge in [-0.3, -0.25) is 14.5 Å². The molecule has 2 rings (SSSR count). The van der Waals surface area contributed by atoms with Crippen molar-refractivity contribution in [3.63, 3.8) is 0 Å². The third kappa shape index (κ3) is 4.99. The SMILES string of the molecule is CC(C(=O)Nc1cc(Cl)ccc1F)N1C[C@@H](C(F)(F)F)[C@H](C(=O)O)C1.Cl. The summed E-state index contributed by atoms with van der Waals surface area (Å²) in [5.41, 5.74) is -0.203. The predicted octanol–water partition coefficient (Wildman–Crippen LogP) is 3.42. The first kappa shape index (κ1) is 22.5. The average Bonchev–Trinajstić information content (AvgIpc) is 2.95. The predicted molar refractivity (Wildman–Crippen MR) is 89.0 cm³/mol. The third-order valence-electron chi connectivity index (χ3n) is 4.20. The molecule has 0 aliphatic carbocycles. The van der Waals surface area contributed by atoms with Gasteiger partial charge in [-0.05, 0) is 25.1 Å². The number of carboxylic acids is 1. The molecule has 1 saturated heterocycles. The van der Waals surface area contributed by atoms with E-state index in [-0.39, 0.29) is 23.1 Å². The molecule has 0 saturated carbocycles. The Bertz CT molecular complexity index is 687. The second-order valence-corrected chi connectivity index (χ2v) is 6.27. The van der Waals surface area contributed by atoms with Crippen LogP contribution in [0.4, 0.5) is 23.2 Å². The molecule has 1 amide bonds. The number of amides is 1. The van der Waals surface area contributed by atoms with Crippen LogP contribution in [0.2, 0.25) is 5.02 Å². The molecular weight excluding hydrogens is 403 g/mol. The molecule has 1 aromatic carbocycles. The number of hydrogen-bond donors (Lipinski definition) is 2. The normalized spacial score (nSPS) is 21.8. The Hall–Kier alpha value is -1.58. The summed E-state index contributed by atoms with van der Waals surface area (Å²) >= 11 is 5.71. The molecule has 1 aliphatic heterocycles. The summed E-state index contributed by atoms with van der Waals surface area (Å²) in [6, 6.07) is 2.41. The van der Waals surface area contributed by atoms with Gasteiger partial charge in [-0.1, -0.05) is 11.6 Å². The second kappa shape index (κ2) is 8.41. The van der Waals surface area contributed by atoms with Crippen LogP contribution in [0, 0.1) is 17.7 Å². The van der Waals surface area contributed by atoms with E-state index in [0.29, 0.717) is 0 Å². The number of rotatable bonds is 4. The van der Waals surface area contributed by atoms with Gasteiger partial charge in [0.15, 0.2) is 0 Å². The van der Waals surface area contributed by atoms with E-state index in [1.165, 1.54) is 19.1 Å². The summed E-state index contributed by atoms with van der Waals surface area (Å²) in [4.78, 5) is 24.4. The number of nitrogens with one attached hydrogen (secondary N) is 1. The number of alkyl halides is 3. The van der Waals surface area contributed by atoms with Crippen molar-refractivity contribution in [2.75, 3.05) is 18.4 Å². The van der Waals surface area contributed by atoms with Crippen LogP contribution in [-0.2, 0) is 9.59 Å². The smallest absolute Gasteiger partial charge is 0.393 e. The van der Waals surface area contributed by atoms with Gasteiger partial charge in [-0.25, -0.2) is 4.39 Å². The molecule has 0 bridgehead atoms. The topological polar surface area (TPSA) is 69.6 Å². The van der Waals surface area contributed by atoms with Crippen LogP contribution in [0.25, 0.3) is 0 Å². The molecule has 0 aromatic heterocycles. The molecule has 0 radical (unpaired) electrons. The molecule has 3 atom stereocenters. The molecule has 0 spiro atoms. The number of nitrogens with zero attached hydrogens (tertiary/aromatic N) is 1. The fraction of sp³-hybridized carbons (Fsp3) is 0.467. The molecule has 1 fully saturated rings. The Morgan fingerprint density at radius 2 is 1.96 bits per heavy atom. The van der Waals surface area contributed by atoms with Crippen molar-refractivity contribution in [1.29, 1.82) is 0 Å². The van der Waals surface area contributed by atoms with E-state index >= 15 is 0 Å². The van der Waals surface area contributed by atoms with Crippen molar-refractivity contribution in [1.82, 2.24) is 4.90 Å². The van der Waals surface area contributed by atoms with Gasteiger partial charge < -0.3 is 10.4 Å². The highest BCUT2D eigenvalue weighted by Crippen LogP contribution is 2.38. The number of carboxylic acid groups (broad SMARTS) is 1. The van der Waals surface area contributed by atoms with Gasteiger partial charge in [0.25, 0.3) is 0 Å². The minimum absolute atomic E-state index is 0. The van der Waals surface area contributed by atoms with Gasteiger partial charge in [0.1, 0.15) is 5.82 Å². The molecule has 1 aromatic rings. The first-order valence-corrected chi connectivity index (χ1v) is 7.68. The van der Waals surface area contributed by atoms with Gasteiger partial charge in [0, 0.05) is 18.1 Å². The lowest BCUT2D eigenvalue weighted by Gasteiger charge is -2.24. The molecule has 1 unspecified atom stereocenters. The van der Waals surface area contributed by atoms with Crippen molar-refractivity contribution in [3.8, 4) is 0 Å². The zero-order valence-electron chi connectivity index (χ0n) is 13.4. The number of aliphatic carboxylic acids is 1. The highest BCUT2D eigenvalue weighted by Gasteiger charge is 2.53. The summed E-state index contributed by atoms with van der Waals surface area (Å²) in [5, 5.41) is 11.4. The van der Waals surface area contributed by atoms with Crippen LogP contribution in [0.1, 0.15) is 6.92 Å². The lowest BCUT2D eigenvalue weighted by molar-refractivity contribution is -0.188. The highest BCUT2D eigenvalue weighted by atomic mass is 35.5. The highest BCUT2D eigenvalue weighted by molar-refractivity contribution is 6.30. The molecule has 5 nitrogen and oxygen atoms in total. The van der Waals surface area contributed by atoms with E-state index in [0.717, 1.165) is 11.0 Å². The lowest BCUT2D eigenvalue weighted by atomic mass is 9.96. The van der Waals surface area contributed by atoms with Gasteiger partial charge in [0.05, 0.1) is 23.6 Å². The Balaban J connectivity index is 0.00000338. The maximum absolute atomic E-state index is 13.6. The second-order valence-electron chi connectivity index (χ2n) is 5.84. The van der Waals surface area contributed by atoms with Crippen molar-refractivity contribution in [3.05, 3.63) is 29.0 Å². The number of anilines is 1. The van der Waals surface area contributed by atoms with Gasteiger partial charge in [0.2, 0.25) is 5.91 Å².